The molecule has 2 aromatic rings. The summed E-state index contributed by atoms with van der Waals surface area (Å²) < 4.78 is 6.71. The molecule has 0 fully saturated rings. The fraction of sp³-hybridized carbons (Fsp3) is 0.538. The fourth-order valence-corrected chi connectivity index (χ4v) is 1.72. The number of amides is 1. The first-order valence-electron chi connectivity index (χ1n) is 7.05. The van der Waals surface area contributed by atoms with E-state index in [4.69, 9.17) is 14.9 Å². The van der Waals surface area contributed by atoms with Crippen molar-refractivity contribution in [3.63, 3.8) is 0 Å². The van der Waals surface area contributed by atoms with Crippen LogP contribution in [0.5, 0.6) is 0 Å². The highest BCUT2D eigenvalue weighted by molar-refractivity contribution is 5.90. The van der Waals surface area contributed by atoms with Gasteiger partial charge in [0.15, 0.2) is 11.2 Å². The summed E-state index contributed by atoms with van der Waals surface area (Å²) in [4.78, 5) is 34.2. The molecular formula is C13H19N5O5. The number of hydrogen-bond donors (Lipinski definition) is 4. The molecule has 1 amide bonds. The maximum Gasteiger partial charge on any atom is 0.280 e. The van der Waals surface area contributed by atoms with E-state index in [0.717, 1.165) is 0 Å². The van der Waals surface area contributed by atoms with E-state index in [1.165, 1.54) is 10.9 Å². The van der Waals surface area contributed by atoms with Crippen LogP contribution in [0.25, 0.3) is 11.2 Å². The molecule has 23 heavy (non-hydrogen) atoms. The summed E-state index contributed by atoms with van der Waals surface area (Å²) in [6, 6.07) is 0. The van der Waals surface area contributed by atoms with Crippen LogP contribution in [-0.4, -0.2) is 55.0 Å². The van der Waals surface area contributed by atoms with Gasteiger partial charge < -0.3 is 14.9 Å². The molecule has 10 heteroatoms. The van der Waals surface area contributed by atoms with Crippen LogP contribution in [-0.2, 0) is 16.3 Å². The van der Waals surface area contributed by atoms with Crippen molar-refractivity contribution in [3.05, 3.63) is 16.7 Å². The Hall–Kier alpha value is -2.30. The largest absolute Gasteiger partial charge is 0.394 e. The average molecular weight is 325 g/mol. The number of aliphatic hydroxyl groups is 2. The second kappa shape index (κ2) is 7.31. The molecule has 4 N–H and O–H groups in total. The van der Waals surface area contributed by atoms with Crippen LogP contribution in [0.1, 0.15) is 13.8 Å². The van der Waals surface area contributed by atoms with Gasteiger partial charge in [0.25, 0.3) is 5.56 Å². The summed E-state index contributed by atoms with van der Waals surface area (Å²) in [5.41, 5.74) is -0.170. The zero-order valence-electron chi connectivity index (χ0n) is 12.8. The summed E-state index contributed by atoms with van der Waals surface area (Å²) in [7, 11) is 0. The van der Waals surface area contributed by atoms with Crippen LogP contribution in [0.2, 0.25) is 0 Å². The van der Waals surface area contributed by atoms with E-state index in [1.54, 1.807) is 13.8 Å². The molecule has 0 bridgehead atoms. The molecule has 0 aliphatic rings. The number of rotatable bonds is 7. The van der Waals surface area contributed by atoms with Crippen molar-refractivity contribution in [1.82, 2.24) is 19.5 Å². The molecule has 0 aliphatic carbocycles. The first-order chi connectivity index (χ1) is 11.0. The first kappa shape index (κ1) is 17.1. The van der Waals surface area contributed by atoms with Gasteiger partial charge in [-0.2, -0.15) is 4.98 Å². The van der Waals surface area contributed by atoms with Gasteiger partial charge in [-0.05, 0) is 0 Å². The zero-order valence-corrected chi connectivity index (χ0v) is 12.8. The minimum absolute atomic E-state index is 0.0174. The molecular weight excluding hydrogens is 306 g/mol. The van der Waals surface area contributed by atoms with Crippen LogP contribution >= 0.6 is 0 Å². The van der Waals surface area contributed by atoms with E-state index in [1.807, 2.05) is 0 Å². The molecule has 0 aromatic carbocycles. The molecule has 0 aliphatic heterocycles. The summed E-state index contributed by atoms with van der Waals surface area (Å²) >= 11 is 0. The lowest BCUT2D eigenvalue weighted by Gasteiger charge is -2.13. The van der Waals surface area contributed by atoms with E-state index in [2.05, 4.69) is 20.3 Å². The molecule has 126 valence electrons. The van der Waals surface area contributed by atoms with Gasteiger partial charge in [-0.15, -0.1) is 0 Å². The SMILES string of the molecule is CC(C)C(=O)Nc1nc2c(ncn2COC(CO)CO)c(=O)[nH]1. The van der Waals surface area contributed by atoms with Crippen LogP contribution in [0.3, 0.4) is 0 Å². The van der Waals surface area contributed by atoms with Gasteiger partial charge in [-0.1, -0.05) is 13.8 Å². The Morgan fingerprint density at radius 1 is 1.43 bits per heavy atom. The van der Waals surface area contributed by atoms with Gasteiger partial charge in [-0.25, -0.2) is 4.98 Å². The van der Waals surface area contributed by atoms with Crippen LogP contribution < -0.4 is 10.9 Å². The molecule has 2 aromatic heterocycles. The monoisotopic (exact) mass is 325 g/mol. The van der Waals surface area contributed by atoms with Crippen molar-refractivity contribution in [3.8, 4) is 0 Å². The second-order valence-corrected chi connectivity index (χ2v) is 5.23. The summed E-state index contributed by atoms with van der Waals surface area (Å²) in [6.07, 6.45) is 0.613. The number of fused-ring (bicyclic) bond motifs is 1. The Labute approximate surface area is 131 Å². The third-order valence-electron chi connectivity index (χ3n) is 3.10. The topological polar surface area (TPSA) is 142 Å². The van der Waals surface area contributed by atoms with E-state index in [0.29, 0.717) is 0 Å². The molecule has 0 saturated heterocycles. The van der Waals surface area contributed by atoms with Crippen molar-refractivity contribution in [2.45, 2.75) is 26.7 Å². The number of hydrogen-bond acceptors (Lipinski definition) is 7. The number of H-pyrrole nitrogens is 1. The van der Waals surface area contributed by atoms with Crippen LogP contribution in [0, 0.1) is 5.92 Å². The number of ether oxygens (including phenoxy) is 1. The number of aliphatic hydroxyl groups excluding tert-OH is 2. The summed E-state index contributed by atoms with van der Waals surface area (Å²) in [5.74, 6) is -0.529. The molecule has 0 spiro atoms. The number of aromatic amines is 1. The Bertz CT molecular complexity index is 734. The lowest BCUT2D eigenvalue weighted by molar-refractivity contribution is -0.118. The number of nitrogens with zero attached hydrogens (tertiary/aromatic N) is 3. The zero-order chi connectivity index (χ0) is 17.0. The summed E-state index contributed by atoms with van der Waals surface area (Å²) in [6.45, 7) is 2.69. The van der Waals surface area contributed by atoms with Gasteiger partial charge in [0.05, 0.1) is 19.5 Å². The number of carbonyl (C=O) groups excluding carboxylic acids is 1. The molecule has 2 rings (SSSR count). The quantitative estimate of drug-likeness (QED) is 0.513. The Balaban J connectivity index is 2.28. The van der Waals surface area contributed by atoms with E-state index < -0.39 is 11.7 Å². The van der Waals surface area contributed by atoms with Gasteiger partial charge >= 0.3 is 0 Å². The standard InChI is InChI=1S/C13H19N5O5/c1-7(2)11(21)16-13-15-10-9(12(22)17-13)14-5-18(10)6-23-8(3-19)4-20/h5,7-8,19-20H,3-4,6H2,1-2H3,(H2,15,16,17,21,22). The molecule has 0 unspecified atom stereocenters. The lowest BCUT2D eigenvalue weighted by atomic mass is 10.2. The highest BCUT2D eigenvalue weighted by Crippen LogP contribution is 2.09. The molecule has 0 atom stereocenters. The van der Waals surface area contributed by atoms with Crippen molar-refractivity contribution >= 4 is 23.0 Å². The predicted octanol–water partition coefficient (Wildman–Crippen LogP) is -0.959. The Morgan fingerprint density at radius 3 is 2.74 bits per heavy atom. The van der Waals surface area contributed by atoms with Crippen molar-refractivity contribution in [1.29, 1.82) is 0 Å². The minimum atomic E-state index is -0.741. The molecule has 2 heterocycles. The maximum atomic E-state index is 12.0. The molecule has 0 saturated carbocycles. The number of imidazole rings is 1. The Morgan fingerprint density at radius 2 is 2.13 bits per heavy atom. The highest BCUT2D eigenvalue weighted by Gasteiger charge is 2.14. The number of anilines is 1. The number of carbonyl (C=O) groups is 1. The van der Waals surface area contributed by atoms with E-state index in [-0.39, 0.29) is 48.9 Å². The van der Waals surface area contributed by atoms with Crippen molar-refractivity contribution in [2.24, 2.45) is 5.92 Å². The van der Waals surface area contributed by atoms with Gasteiger partial charge in [0.1, 0.15) is 12.8 Å². The fourth-order valence-electron chi connectivity index (χ4n) is 1.72. The smallest absolute Gasteiger partial charge is 0.280 e. The van der Waals surface area contributed by atoms with E-state index in [9.17, 15) is 9.59 Å². The van der Waals surface area contributed by atoms with Crippen molar-refractivity contribution < 1.29 is 19.7 Å². The highest BCUT2D eigenvalue weighted by atomic mass is 16.5. The molecule has 10 nitrogen and oxygen atoms in total. The molecule has 0 radical (unpaired) electrons. The minimum Gasteiger partial charge on any atom is -0.394 e. The van der Waals surface area contributed by atoms with Crippen molar-refractivity contribution in [2.75, 3.05) is 18.5 Å². The van der Waals surface area contributed by atoms with Gasteiger partial charge in [0.2, 0.25) is 11.9 Å². The maximum absolute atomic E-state index is 12.0. The Kier molecular flexibility index (Phi) is 5.42. The van der Waals surface area contributed by atoms with Gasteiger partial charge in [0, 0.05) is 5.92 Å². The first-order valence-corrected chi connectivity index (χ1v) is 7.05. The van der Waals surface area contributed by atoms with Gasteiger partial charge in [-0.3, -0.25) is 24.5 Å². The second-order valence-electron chi connectivity index (χ2n) is 5.23. The average Bonchev–Trinajstić information content (AvgIpc) is 2.92. The van der Waals surface area contributed by atoms with E-state index >= 15 is 0 Å². The number of aromatic nitrogens is 4. The third-order valence-corrected chi connectivity index (χ3v) is 3.10. The van der Waals surface area contributed by atoms with Crippen LogP contribution in [0.4, 0.5) is 5.95 Å². The van der Waals surface area contributed by atoms with Crippen LogP contribution in [0.15, 0.2) is 11.1 Å². The number of nitrogens with one attached hydrogen (secondary N) is 2. The lowest BCUT2D eigenvalue weighted by Crippen LogP contribution is -2.24. The predicted molar refractivity (Wildman–Crippen MR) is 80.7 cm³/mol. The third kappa shape index (κ3) is 3.92. The normalized spacial score (nSPS) is 11.6. The summed E-state index contributed by atoms with van der Waals surface area (Å²) in [5, 5.41) is 20.5.